The molecule has 1 aromatic heterocycles. The van der Waals surface area contributed by atoms with Gasteiger partial charge in [-0.15, -0.1) is 11.3 Å². The zero-order valence-corrected chi connectivity index (χ0v) is 22.0. The van der Waals surface area contributed by atoms with Gasteiger partial charge in [-0.2, -0.15) is 0 Å². The van der Waals surface area contributed by atoms with Crippen LogP contribution in [0, 0.1) is 0 Å². The van der Waals surface area contributed by atoms with Gasteiger partial charge in [0, 0.05) is 15.6 Å². The number of hydrogen-bond acceptors (Lipinski definition) is 4. The summed E-state index contributed by atoms with van der Waals surface area (Å²) in [4.78, 5) is 17.7. The zero-order chi connectivity index (χ0) is 23.8. The maximum Gasteiger partial charge on any atom is 0.258 e. The standard InChI is InChI=1S/C25H14BrCl2N3OS2/c26-17-8-4-5-13-14(17)6-3-7-15(13)23(32)31-25(33)30-21-11-16(18(27)12-19(21)28)24-29-20-9-1-2-10-22(20)34-24/h1-12H,(H2,30,31,32,33). The predicted octanol–water partition coefficient (Wildman–Crippen LogP) is 8.31. The molecule has 9 heteroatoms. The molecule has 0 fully saturated rings. The summed E-state index contributed by atoms with van der Waals surface area (Å²) in [6.45, 7) is 0. The van der Waals surface area contributed by atoms with Crippen molar-refractivity contribution in [1.82, 2.24) is 10.3 Å². The Morgan fingerprint density at radius 2 is 1.71 bits per heavy atom. The molecule has 0 radical (unpaired) electrons. The number of fused-ring (bicyclic) bond motifs is 2. The lowest BCUT2D eigenvalue weighted by Gasteiger charge is -2.14. The van der Waals surface area contributed by atoms with Gasteiger partial charge in [-0.25, -0.2) is 4.98 Å². The highest BCUT2D eigenvalue weighted by atomic mass is 79.9. The molecule has 1 heterocycles. The molecule has 0 atom stereocenters. The molecule has 4 nitrogen and oxygen atoms in total. The lowest BCUT2D eigenvalue weighted by atomic mass is 10.0. The number of halogens is 3. The summed E-state index contributed by atoms with van der Waals surface area (Å²) < 4.78 is 1.97. The largest absolute Gasteiger partial charge is 0.331 e. The first-order chi connectivity index (χ1) is 16.4. The van der Waals surface area contributed by atoms with Crippen LogP contribution in [0.2, 0.25) is 10.0 Å². The zero-order valence-electron chi connectivity index (χ0n) is 17.2. The Morgan fingerprint density at radius 1 is 0.941 bits per heavy atom. The van der Waals surface area contributed by atoms with Gasteiger partial charge in [-0.3, -0.25) is 10.1 Å². The van der Waals surface area contributed by atoms with Crippen molar-refractivity contribution in [2.75, 3.05) is 5.32 Å². The maximum absolute atomic E-state index is 13.0. The molecular weight excluding hydrogens is 573 g/mol. The molecule has 5 aromatic rings. The van der Waals surface area contributed by atoms with Crippen molar-refractivity contribution in [3.63, 3.8) is 0 Å². The van der Waals surface area contributed by atoms with Crippen molar-refractivity contribution in [1.29, 1.82) is 0 Å². The van der Waals surface area contributed by atoms with Crippen LogP contribution >= 0.6 is 62.7 Å². The Hall–Kier alpha value is -2.55. The highest BCUT2D eigenvalue weighted by Gasteiger charge is 2.16. The minimum atomic E-state index is -0.322. The minimum absolute atomic E-state index is 0.122. The molecule has 4 aromatic carbocycles. The van der Waals surface area contributed by atoms with E-state index < -0.39 is 0 Å². The number of hydrogen-bond donors (Lipinski definition) is 2. The van der Waals surface area contributed by atoms with Gasteiger partial charge in [0.15, 0.2) is 5.11 Å². The van der Waals surface area contributed by atoms with Gasteiger partial charge in [-0.1, -0.05) is 75.5 Å². The molecule has 0 bridgehead atoms. The number of para-hydroxylation sites is 1. The van der Waals surface area contributed by atoms with E-state index in [1.54, 1.807) is 18.2 Å². The molecule has 1 amide bonds. The number of aromatic nitrogens is 1. The molecule has 2 N–H and O–H groups in total. The average Bonchev–Trinajstić information content (AvgIpc) is 3.24. The third-order valence-electron chi connectivity index (χ3n) is 5.17. The fraction of sp³-hybridized carbons (Fsp3) is 0. The fourth-order valence-corrected chi connectivity index (χ4v) is 5.86. The molecule has 0 spiro atoms. The summed E-state index contributed by atoms with van der Waals surface area (Å²) in [5, 5.41) is 9.26. The molecule has 0 aliphatic rings. The monoisotopic (exact) mass is 585 g/mol. The van der Waals surface area contributed by atoms with Crippen molar-refractivity contribution in [2.24, 2.45) is 0 Å². The average molecular weight is 587 g/mol. The van der Waals surface area contributed by atoms with Gasteiger partial charge in [0.25, 0.3) is 5.91 Å². The van der Waals surface area contributed by atoms with E-state index in [9.17, 15) is 4.79 Å². The Bertz CT molecular complexity index is 1570. The van der Waals surface area contributed by atoms with Crippen molar-refractivity contribution in [2.45, 2.75) is 0 Å². The quantitative estimate of drug-likeness (QED) is 0.209. The number of thiazole rings is 1. The van der Waals surface area contributed by atoms with Crippen LogP contribution < -0.4 is 10.6 Å². The van der Waals surface area contributed by atoms with Crippen LogP contribution in [0.1, 0.15) is 10.4 Å². The lowest BCUT2D eigenvalue weighted by Crippen LogP contribution is -2.34. The van der Waals surface area contributed by atoms with Crippen molar-refractivity contribution < 1.29 is 4.79 Å². The first kappa shape index (κ1) is 23.2. The van der Waals surface area contributed by atoms with Gasteiger partial charge < -0.3 is 5.32 Å². The van der Waals surface area contributed by atoms with Crippen LogP contribution in [0.5, 0.6) is 0 Å². The summed E-state index contributed by atoms with van der Waals surface area (Å²) in [5.74, 6) is -0.322. The highest BCUT2D eigenvalue weighted by Crippen LogP contribution is 2.39. The molecule has 0 saturated heterocycles. The molecule has 5 rings (SSSR count). The van der Waals surface area contributed by atoms with Crippen molar-refractivity contribution in [3.05, 3.63) is 92.9 Å². The number of thiocarbonyl (C=S) groups is 1. The number of anilines is 1. The number of carbonyl (C=O) groups excluding carboxylic acids is 1. The van der Waals surface area contributed by atoms with E-state index >= 15 is 0 Å². The van der Waals surface area contributed by atoms with Gasteiger partial charge in [0.2, 0.25) is 0 Å². The van der Waals surface area contributed by atoms with Crippen LogP contribution in [0.15, 0.2) is 77.3 Å². The van der Waals surface area contributed by atoms with E-state index in [0.29, 0.717) is 21.3 Å². The normalized spacial score (nSPS) is 11.0. The number of carbonyl (C=O) groups is 1. The second kappa shape index (κ2) is 9.60. The molecule has 0 saturated carbocycles. The molecule has 0 unspecified atom stereocenters. The first-order valence-corrected chi connectivity index (χ1v) is 12.8. The Balaban J connectivity index is 1.40. The van der Waals surface area contributed by atoms with E-state index in [0.717, 1.165) is 36.0 Å². The first-order valence-electron chi connectivity index (χ1n) is 10.1. The summed E-state index contributed by atoms with van der Waals surface area (Å²) in [6, 6.07) is 22.6. The Morgan fingerprint density at radius 3 is 2.53 bits per heavy atom. The number of nitrogens with zero attached hydrogens (tertiary/aromatic N) is 1. The second-order valence-electron chi connectivity index (χ2n) is 7.35. The Labute approximate surface area is 223 Å². The molecule has 0 aliphatic carbocycles. The van der Waals surface area contributed by atoms with Crippen LogP contribution in [-0.2, 0) is 0 Å². The number of benzene rings is 4. The van der Waals surface area contributed by atoms with Gasteiger partial charge in [0.1, 0.15) is 5.01 Å². The van der Waals surface area contributed by atoms with E-state index in [1.807, 2.05) is 54.6 Å². The smallest absolute Gasteiger partial charge is 0.258 e. The number of rotatable bonds is 3. The molecular formula is C25H14BrCl2N3OS2. The van der Waals surface area contributed by atoms with Gasteiger partial charge >= 0.3 is 0 Å². The molecule has 0 aliphatic heterocycles. The lowest BCUT2D eigenvalue weighted by molar-refractivity contribution is 0.0979. The third-order valence-corrected chi connectivity index (χ3v) is 7.76. The Kier molecular flexibility index (Phi) is 6.55. The second-order valence-corrected chi connectivity index (χ2v) is 10.5. The van der Waals surface area contributed by atoms with E-state index in [4.69, 9.17) is 35.4 Å². The fourth-order valence-electron chi connectivity index (χ4n) is 3.59. The summed E-state index contributed by atoms with van der Waals surface area (Å²) >= 11 is 23.4. The number of nitrogens with one attached hydrogen (secondary N) is 2. The maximum atomic E-state index is 13.0. The van der Waals surface area contributed by atoms with Gasteiger partial charge in [-0.05, 0) is 59.4 Å². The van der Waals surface area contributed by atoms with E-state index in [-0.39, 0.29) is 11.0 Å². The van der Waals surface area contributed by atoms with Crippen LogP contribution in [0.4, 0.5) is 5.69 Å². The SMILES string of the molecule is O=C(NC(=S)Nc1cc(-c2nc3ccccc3s2)c(Cl)cc1Cl)c1cccc2c(Br)cccc12. The van der Waals surface area contributed by atoms with Crippen LogP contribution in [-0.4, -0.2) is 16.0 Å². The number of amides is 1. The summed E-state index contributed by atoms with van der Waals surface area (Å²) in [7, 11) is 0. The van der Waals surface area contributed by atoms with Crippen LogP contribution in [0.3, 0.4) is 0 Å². The summed E-state index contributed by atoms with van der Waals surface area (Å²) in [6.07, 6.45) is 0. The van der Waals surface area contributed by atoms with Gasteiger partial charge in [0.05, 0.1) is 25.9 Å². The van der Waals surface area contributed by atoms with Crippen molar-refractivity contribution in [3.8, 4) is 10.6 Å². The summed E-state index contributed by atoms with van der Waals surface area (Å²) in [5.41, 5.74) is 2.65. The molecule has 168 valence electrons. The van der Waals surface area contributed by atoms with Crippen molar-refractivity contribution >= 4 is 100 Å². The molecule has 34 heavy (non-hydrogen) atoms. The van der Waals surface area contributed by atoms with E-state index in [2.05, 4.69) is 31.5 Å². The van der Waals surface area contributed by atoms with Crippen LogP contribution in [0.25, 0.3) is 31.6 Å². The predicted molar refractivity (Wildman–Crippen MR) is 150 cm³/mol. The third kappa shape index (κ3) is 4.54. The topological polar surface area (TPSA) is 54.0 Å². The van der Waals surface area contributed by atoms with E-state index in [1.165, 1.54) is 11.3 Å². The highest BCUT2D eigenvalue weighted by molar-refractivity contribution is 9.10. The minimum Gasteiger partial charge on any atom is -0.331 e.